The van der Waals surface area contributed by atoms with Crippen molar-refractivity contribution in [1.82, 2.24) is 0 Å². The van der Waals surface area contributed by atoms with Crippen LogP contribution in [0.15, 0.2) is 47.4 Å². The van der Waals surface area contributed by atoms with Crippen molar-refractivity contribution in [2.75, 3.05) is 4.72 Å². The molecule has 0 unspecified atom stereocenters. The molecule has 0 aliphatic heterocycles. The minimum absolute atomic E-state index is 0.299. The lowest BCUT2D eigenvalue weighted by atomic mass is 10.1. The maximum absolute atomic E-state index is 11.0. The van der Waals surface area contributed by atoms with Gasteiger partial charge in [0.2, 0.25) is 0 Å². The summed E-state index contributed by atoms with van der Waals surface area (Å²) in [5, 5.41) is 9.04. The Kier molecular flexibility index (Phi) is 3.88. The second kappa shape index (κ2) is 5.82. The molecule has 0 aromatic heterocycles. The highest BCUT2D eigenvalue weighted by molar-refractivity contribution is 8.00. The van der Waals surface area contributed by atoms with Gasteiger partial charge in [0.1, 0.15) is 0 Å². The molecule has 0 saturated heterocycles. The maximum atomic E-state index is 11.0. The van der Waals surface area contributed by atoms with Crippen LogP contribution in [0.3, 0.4) is 0 Å². The average Bonchev–Trinajstić information content (AvgIpc) is 3.31. The minimum Gasteiger partial charge on any atom is -0.478 e. The van der Waals surface area contributed by atoms with Gasteiger partial charge in [-0.1, -0.05) is 18.2 Å². The zero-order chi connectivity index (χ0) is 14.8. The van der Waals surface area contributed by atoms with Crippen molar-refractivity contribution >= 4 is 23.6 Å². The Morgan fingerprint density at radius 2 is 1.90 bits per heavy atom. The number of nitrogens with one attached hydrogen (secondary N) is 1. The standard InChI is InChI=1S/C17H17NO2S/c1-11-2-3-14(17(19)20)10-16(11)18-21-15-8-6-13(7-9-15)12-4-5-12/h2-3,6-10,12,18H,4-5H2,1H3,(H,19,20). The lowest BCUT2D eigenvalue weighted by Crippen LogP contribution is -1.98. The molecule has 108 valence electrons. The summed E-state index contributed by atoms with van der Waals surface area (Å²) in [6, 6.07) is 13.7. The van der Waals surface area contributed by atoms with Crippen molar-refractivity contribution in [1.29, 1.82) is 0 Å². The van der Waals surface area contributed by atoms with Gasteiger partial charge in [0.15, 0.2) is 0 Å². The molecule has 1 fully saturated rings. The number of benzene rings is 2. The molecular weight excluding hydrogens is 282 g/mol. The quantitative estimate of drug-likeness (QED) is 0.786. The molecule has 0 amide bonds. The van der Waals surface area contributed by atoms with E-state index in [0.29, 0.717) is 5.56 Å². The van der Waals surface area contributed by atoms with Crippen LogP contribution in [0.4, 0.5) is 5.69 Å². The number of hydrogen-bond donors (Lipinski definition) is 2. The highest BCUT2D eigenvalue weighted by atomic mass is 32.2. The number of aromatic carboxylic acids is 1. The third-order valence-corrected chi connectivity index (χ3v) is 4.52. The van der Waals surface area contributed by atoms with Crippen molar-refractivity contribution in [2.24, 2.45) is 0 Å². The third-order valence-electron chi connectivity index (χ3n) is 3.69. The van der Waals surface area contributed by atoms with Crippen LogP contribution in [0.25, 0.3) is 0 Å². The van der Waals surface area contributed by atoms with Gasteiger partial charge in [0, 0.05) is 10.6 Å². The summed E-state index contributed by atoms with van der Waals surface area (Å²) in [7, 11) is 0. The van der Waals surface area contributed by atoms with E-state index in [-0.39, 0.29) is 0 Å². The van der Waals surface area contributed by atoms with Crippen molar-refractivity contribution in [3.05, 3.63) is 59.2 Å². The lowest BCUT2D eigenvalue weighted by molar-refractivity contribution is 0.0697. The van der Waals surface area contributed by atoms with Gasteiger partial charge in [0.05, 0.1) is 5.56 Å². The van der Waals surface area contributed by atoms with E-state index >= 15 is 0 Å². The van der Waals surface area contributed by atoms with Crippen LogP contribution < -0.4 is 4.72 Å². The number of carboxylic acid groups (broad SMARTS) is 1. The largest absolute Gasteiger partial charge is 0.478 e. The molecule has 2 aromatic carbocycles. The molecule has 2 aromatic rings. The van der Waals surface area contributed by atoms with Gasteiger partial charge in [-0.05, 0) is 73.0 Å². The number of carbonyl (C=O) groups is 1. The van der Waals surface area contributed by atoms with E-state index in [1.165, 1.54) is 30.4 Å². The second-order valence-corrected chi connectivity index (χ2v) is 6.26. The normalized spacial score (nSPS) is 14.0. The second-order valence-electron chi connectivity index (χ2n) is 5.38. The zero-order valence-electron chi connectivity index (χ0n) is 11.8. The van der Waals surface area contributed by atoms with Crippen molar-refractivity contribution < 1.29 is 9.90 Å². The smallest absolute Gasteiger partial charge is 0.335 e. The number of hydrogen-bond acceptors (Lipinski definition) is 3. The molecule has 21 heavy (non-hydrogen) atoms. The summed E-state index contributed by atoms with van der Waals surface area (Å²) < 4.78 is 3.24. The number of aryl methyl sites for hydroxylation is 1. The fourth-order valence-electron chi connectivity index (χ4n) is 2.20. The first kappa shape index (κ1) is 14.0. The highest BCUT2D eigenvalue weighted by Gasteiger charge is 2.22. The van der Waals surface area contributed by atoms with Crippen molar-refractivity contribution in [3.8, 4) is 0 Å². The highest BCUT2D eigenvalue weighted by Crippen LogP contribution is 2.40. The molecular formula is C17H17NO2S. The molecule has 3 nitrogen and oxygen atoms in total. The topological polar surface area (TPSA) is 49.3 Å². The molecule has 2 N–H and O–H groups in total. The van der Waals surface area contributed by atoms with Crippen LogP contribution in [0.2, 0.25) is 0 Å². The first-order chi connectivity index (χ1) is 10.1. The van der Waals surface area contributed by atoms with E-state index < -0.39 is 5.97 Å². The van der Waals surface area contributed by atoms with Crippen molar-refractivity contribution in [3.63, 3.8) is 0 Å². The van der Waals surface area contributed by atoms with Gasteiger partial charge < -0.3 is 9.83 Å². The van der Waals surface area contributed by atoms with Crippen LogP contribution >= 0.6 is 11.9 Å². The SMILES string of the molecule is Cc1ccc(C(=O)O)cc1NSc1ccc(C2CC2)cc1. The van der Waals surface area contributed by atoms with E-state index in [0.717, 1.165) is 22.1 Å². The molecule has 4 heteroatoms. The zero-order valence-corrected chi connectivity index (χ0v) is 12.6. The molecule has 0 spiro atoms. The fourth-order valence-corrected chi connectivity index (χ4v) is 2.92. The van der Waals surface area contributed by atoms with Gasteiger partial charge in [0.25, 0.3) is 0 Å². The average molecular weight is 299 g/mol. The first-order valence-corrected chi connectivity index (χ1v) is 7.82. The van der Waals surface area contributed by atoms with Crippen LogP contribution in [-0.4, -0.2) is 11.1 Å². The Morgan fingerprint density at radius 1 is 1.19 bits per heavy atom. The first-order valence-electron chi connectivity index (χ1n) is 7.00. The molecule has 0 atom stereocenters. The molecule has 0 radical (unpaired) electrons. The Balaban J connectivity index is 1.68. The number of rotatable bonds is 5. The Morgan fingerprint density at radius 3 is 2.52 bits per heavy atom. The Labute approximate surface area is 128 Å². The summed E-state index contributed by atoms with van der Waals surface area (Å²) in [6.45, 7) is 1.96. The molecule has 0 bridgehead atoms. The van der Waals surface area contributed by atoms with E-state index in [1.54, 1.807) is 12.1 Å². The minimum atomic E-state index is -0.906. The summed E-state index contributed by atoms with van der Waals surface area (Å²) in [5.74, 6) is -0.136. The summed E-state index contributed by atoms with van der Waals surface area (Å²) in [6.07, 6.45) is 2.62. The van der Waals surface area contributed by atoms with Crippen LogP contribution in [0.1, 0.15) is 40.2 Å². The summed E-state index contributed by atoms with van der Waals surface area (Å²) >= 11 is 1.51. The van der Waals surface area contributed by atoms with Crippen LogP contribution in [0.5, 0.6) is 0 Å². The van der Waals surface area contributed by atoms with Crippen LogP contribution in [-0.2, 0) is 0 Å². The third kappa shape index (κ3) is 3.39. The predicted molar refractivity (Wildman–Crippen MR) is 86.0 cm³/mol. The molecule has 1 saturated carbocycles. The predicted octanol–water partition coefficient (Wildman–Crippen LogP) is 4.69. The molecule has 1 aliphatic rings. The van der Waals surface area contributed by atoms with Crippen molar-refractivity contribution in [2.45, 2.75) is 30.6 Å². The Bertz CT molecular complexity index is 663. The van der Waals surface area contributed by atoms with Gasteiger partial charge in [-0.25, -0.2) is 4.79 Å². The van der Waals surface area contributed by atoms with E-state index in [2.05, 4.69) is 29.0 Å². The number of carboxylic acids is 1. The Hall–Kier alpha value is -1.94. The molecule has 3 rings (SSSR count). The van der Waals surface area contributed by atoms with Crippen LogP contribution in [0, 0.1) is 6.92 Å². The maximum Gasteiger partial charge on any atom is 0.335 e. The van der Waals surface area contributed by atoms with Gasteiger partial charge >= 0.3 is 5.97 Å². The van der Waals surface area contributed by atoms with E-state index in [9.17, 15) is 4.79 Å². The molecule has 1 aliphatic carbocycles. The summed E-state index contributed by atoms with van der Waals surface area (Å²) in [4.78, 5) is 12.1. The van der Waals surface area contributed by atoms with Gasteiger partial charge in [-0.15, -0.1) is 0 Å². The van der Waals surface area contributed by atoms with E-state index in [1.807, 2.05) is 13.0 Å². The molecule has 0 heterocycles. The summed E-state index contributed by atoms with van der Waals surface area (Å²) in [5.41, 5.74) is 3.59. The van der Waals surface area contributed by atoms with Gasteiger partial charge in [-0.3, -0.25) is 0 Å². The van der Waals surface area contributed by atoms with Gasteiger partial charge in [-0.2, -0.15) is 0 Å². The number of anilines is 1. The lowest BCUT2D eigenvalue weighted by Gasteiger charge is -2.10. The fraction of sp³-hybridized carbons (Fsp3) is 0.235. The monoisotopic (exact) mass is 299 g/mol. The van der Waals surface area contributed by atoms with E-state index in [4.69, 9.17) is 5.11 Å².